The van der Waals surface area contributed by atoms with Gasteiger partial charge < -0.3 is 15.3 Å². The molecule has 34 heavy (non-hydrogen) atoms. The van der Waals surface area contributed by atoms with E-state index in [0.29, 0.717) is 25.9 Å². The fourth-order valence-electron chi connectivity index (χ4n) is 4.45. The van der Waals surface area contributed by atoms with Gasteiger partial charge in [0.05, 0.1) is 16.5 Å². The summed E-state index contributed by atoms with van der Waals surface area (Å²) < 4.78 is 53.8. The summed E-state index contributed by atoms with van der Waals surface area (Å²) in [6, 6.07) is 3.50. The van der Waals surface area contributed by atoms with Gasteiger partial charge in [-0.2, -0.15) is 18.3 Å². The van der Waals surface area contributed by atoms with Crippen molar-refractivity contribution in [2.45, 2.75) is 44.0 Å². The van der Waals surface area contributed by atoms with Crippen LogP contribution >= 0.6 is 0 Å². The number of piperidine rings is 1. The van der Waals surface area contributed by atoms with Crippen LogP contribution in [0.1, 0.15) is 36.2 Å². The molecule has 0 radical (unpaired) electrons. The lowest BCUT2D eigenvalue weighted by atomic mass is 9.86. The van der Waals surface area contributed by atoms with Crippen molar-refractivity contribution in [3.8, 4) is 0 Å². The van der Waals surface area contributed by atoms with Crippen molar-refractivity contribution in [2.24, 2.45) is 5.92 Å². The second-order valence-electron chi connectivity index (χ2n) is 8.86. The minimum Gasteiger partial charge on any atom is -0.389 e. The maximum Gasteiger partial charge on any atom is 0.408 e. The molecule has 0 spiro atoms. The van der Waals surface area contributed by atoms with Crippen LogP contribution in [0.15, 0.2) is 30.6 Å². The molecule has 0 aromatic carbocycles. The first-order valence-corrected chi connectivity index (χ1v) is 10.9. The van der Waals surface area contributed by atoms with E-state index < -0.39 is 30.0 Å². The molecule has 12 heteroatoms. The number of nitrogens with zero attached hydrogens (tertiary/aromatic N) is 5. The highest BCUT2D eigenvalue weighted by molar-refractivity contribution is 5.98. The van der Waals surface area contributed by atoms with Crippen molar-refractivity contribution in [2.75, 3.05) is 18.4 Å². The van der Waals surface area contributed by atoms with Gasteiger partial charge in [0.25, 0.3) is 5.91 Å². The molecule has 180 valence electrons. The van der Waals surface area contributed by atoms with Crippen molar-refractivity contribution >= 4 is 28.4 Å². The monoisotopic (exact) mass is 478 g/mol. The minimum absolute atomic E-state index is 0.0105. The lowest BCUT2D eigenvalue weighted by Gasteiger charge is -2.38. The number of pyridine rings is 2. The molecule has 1 saturated carbocycles. The molecule has 1 saturated heterocycles. The third-order valence-corrected chi connectivity index (χ3v) is 6.41. The Morgan fingerprint density at radius 3 is 2.59 bits per heavy atom. The maximum absolute atomic E-state index is 13.5. The van der Waals surface area contributed by atoms with Crippen molar-refractivity contribution in [1.82, 2.24) is 24.6 Å². The minimum atomic E-state index is -4.55. The van der Waals surface area contributed by atoms with Crippen molar-refractivity contribution in [3.63, 3.8) is 0 Å². The zero-order valence-electron chi connectivity index (χ0n) is 18.0. The highest BCUT2D eigenvalue weighted by Crippen LogP contribution is 2.45. The van der Waals surface area contributed by atoms with Crippen LogP contribution in [0.5, 0.6) is 0 Å². The number of nitrogens with one attached hydrogen (secondary N) is 1. The Balaban J connectivity index is 1.43. The Hall–Kier alpha value is -3.28. The third kappa shape index (κ3) is 4.54. The number of rotatable bonds is 5. The first kappa shape index (κ1) is 22.5. The summed E-state index contributed by atoms with van der Waals surface area (Å²) in [4.78, 5) is 22.7. The summed E-state index contributed by atoms with van der Waals surface area (Å²) in [6.07, 6.45) is 0.847. The maximum atomic E-state index is 13.5. The van der Waals surface area contributed by atoms with Crippen molar-refractivity contribution in [1.29, 1.82) is 0 Å². The van der Waals surface area contributed by atoms with Crippen LogP contribution < -0.4 is 5.32 Å². The summed E-state index contributed by atoms with van der Waals surface area (Å²) in [5, 5.41) is 17.6. The van der Waals surface area contributed by atoms with Crippen LogP contribution in [0, 0.1) is 11.7 Å². The summed E-state index contributed by atoms with van der Waals surface area (Å²) in [6.45, 7) is -0.672. The summed E-state index contributed by atoms with van der Waals surface area (Å²) in [5.74, 6) is -0.626. The number of hydrogen-bond acceptors (Lipinski definition) is 6. The third-order valence-electron chi connectivity index (χ3n) is 6.41. The number of alkyl halides is 3. The normalized spacial score (nSPS) is 18.3. The number of hydrogen-bond donors (Lipinski definition) is 2. The molecule has 3 aromatic heterocycles. The highest BCUT2D eigenvalue weighted by Gasteiger charge is 2.46. The van der Waals surface area contributed by atoms with E-state index in [-0.39, 0.29) is 34.2 Å². The predicted octanol–water partition coefficient (Wildman–Crippen LogP) is 3.65. The lowest BCUT2D eigenvalue weighted by molar-refractivity contribution is -0.141. The van der Waals surface area contributed by atoms with Gasteiger partial charge in [-0.1, -0.05) is 0 Å². The van der Waals surface area contributed by atoms with Gasteiger partial charge in [0, 0.05) is 31.5 Å². The van der Waals surface area contributed by atoms with Gasteiger partial charge in [-0.05, 0) is 43.7 Å². The van der Waals surface area contributed by atoms with Crippen LogP contribution in [0.3, 0.4) is 0 Å². The smallest absolute Gasteiger partial charge is 0.389 e. The molecule has 0 unspecified atom stereocenters. The second kappa shape index (κ2) is 8.19. The van der Waals surface area contributed by atoms with E-state index in [1.54, 1.807) is 4.90 Å². The van der Waals surface area contributed by atoms with Crippen LogP contribution in [0.25, 0.3) is 10.9 Å². The lowest BCUT2D eigenvalue weighted by Crippen LogP contribution is -2.48. The predicted molar refractivity (Wildman–Crippen MR) is 114 cm³/mol. The molecule has 8 nitrogen and oxygen atoms in total. The van der Waals surface area contributed by atoms with Gasteiger partial charge in [0.15, 0.2) is 5.82 Å². The van der Waals surface area contributed by atoms with Gasteiger partial charge in [0.1, 0.15) is 23.9 Å². The molecule has 3 aromatic rings. The van der Waals surface area contributed by atoms with E-state index in [0.717, 1.165) is 29.7 Å². The molecule has 1 amide bonds. The van der Waals surface area contributed by atoms with E-state index in [2.05, 4.69) is 20.4 Å². The first-order chi connectivity index (χ1) is 16.1. The number of halogens is 4. The van der Waals surface area contributed by atoms with Gasteiger partial charge in [-0.25, -0.2) is 9.37 Å². The van der Waals surface area contributed by atoms with Crippen LogP contribution in [-0.2, 0) is 6.54 Å². The molecular weight excluding hydrogens is 456 g/mol. The zero-order valence-corrected chi connectivity index (χ0v) is 18.0. The molecule has 4 heterocycles. The number of anilines is 2. The average Bonchev–Trinajstić information content (AvgIpc) is 3.59. The highest BCUT2D eigenvalue weighted by atomic mass is 19.4. The van der Waals surface area contributed by atoms with E-state index >= 15 is 0 Å². The fraction of sp³-hybridized carbons (Fsp3) is 0.455. The van der Waals surface area contributed by atoms with Crippen molar-refractivity contribution in [3.05, 3.63) is 42.1 Å². The number of aliphatic hydroxyl groups is 1. The van der Waals surface area contributed by atoms with Gasteiger partial charge in [-0.3, -0.25) is 14.5 Å². The average molecular weight is 478 g/mol. The van der Waals surface area contributed by atoms with Crippen LogP contribution in [0.4, 0.5) is 29.2 Å². The standard InChI is InChI=1S/C22H22F4N6O2/c23-14-3-6-27-18(9-14)29-19-15-11-28-16(10-17(15)32(30-19)12-22(24,25)26)20(33)31-7-4-21(34,5-8-31)13-1-2-13/h3,6,9-11,13,34H,1-2,4-5,7-8,12H2,(H,27,29,30). The van der Waals surface area contributed by atoms with E-state index in [4.69, 9.17) is 0 Å². The molecule has 1 aliphatic heterocycles. The Bertz CT molecular complexity index is 1230. The topological polar surface area (TPSA) is 96.2 Å². The number of aromatic nitrogens is 4. The summed E-state index contributed by atoms with van der Waals surface area (Å²) in [7, 11) is 0. The van der Waals surface area contributed by atoms with E-state index in [1.165, 1.54) is 18.5 Å². The fourth-order valence-corrected chi connectivity index (χ4v) is 4.45. The molecule has 0 bridgehead atoms. The molecule has 0 atom stereocenters. The molecule has 1 aliphatic carbocycles. The van der Waals surface area contributed by atoms with Crippen LogP contribution in [0.2, 0.25) is 0 Å². The van der Waals surface area contributed by atoms with Gasteiger partial charge in [0.2, 0.25) is 0 Å². The molecular formula is C22H22F4N6O2. The number of fused-ring (bicyclic) bond motifs is 1. The molecule has 5 rings (SSSR count). The number of amides is 1. The molecule has 2 aliphatic rings. The first-order valence-electron chi connectivity index (χ1n) is 10.9. The van der Waals surface area contributed by atoms with E-state index in [1.807, 2.05) is 0 Å². The Labute approximate surface area is 191 Å². The van der Waals surface area contributed by atoms with Gasteiger partial charge >= 0.3 is 6.18 Å². The molecule has 2 fully saturated rings. The number of carbonyl (C=O) groups is 1. The Morgan fingerprint density at radius 1 is 1.21 bits per heavy atom. The SMILES string of the molecule is O=C(c1cc2c(cn1)c(Nc1cc(F)ccn1)nn2CC(F)(F)F)N1CCC(O)(C2CC2)CC1. The quantitative estimate of drug-likeness (QED) is 0.544. The number of likely N-dealkylation sites (tertiary alicyclic amines) is 1. The van der Waals surface area contributed by atoms with Crippen molar-refractivity contribution < 1.29 is 27.5 Å². The number of carbonyl (C=O) groups excluding carboxylic acids is 1. The van der Waals surface area contributed by atoms with E-state index in [9.17, 15) is 27.5 Å². The Kier molecular flexibility index (Phi) is 5.42. The second-order valence-corrected chi connectivity index (χ2v) is 8.86. The molecule has 2 N–H and O–H groups in total. The largest absolute Gasteiger partial charge is 0.408 e. The Morgan fingerprint density at radius 2 is 1.94 bits per heavy atom. The van der Waals surface area contributed by atoms with Gasteiger partial charge in [-0.15, -0.1) is 0 Å². The van der Waals surface area contributed by atoms with Crippen LogP contribution in [-0.4, -0.2) is 60.5 Å². The summed E-state index contributed by atoms with van der Waals surface area (Å²) in [5.41, 5.74) is -0.699. The zero-order chi connectivity index (χ0) is 24.1. The summed E-state index contributed by atoms with van der Waals surface area (Å²) >= 11 is 0.